The van der Waals surface area contributed by atoms with Crippen LogP contribution in [0.15, 0.2) is 18.2 Å². The average molecular weight is 296 g/mol. The van der Waals surface area contributed by atoms with E-state index in [0.29, 0.717) is 25.5 Å². The third-order valence-corrected chi connectivity index (χ3v) is 3.58. The number of carbonyl (C=O) groups excluding carboxylic acids is 1. The van der Waals surface area contributed by atoms with Crippen molar-refractivity contribution in [2.75, 3.05) is 25.1 Å². The third-order valence-electron chi connectivity index (χ3n) is 3.58. The summed E-state index contributed by atoms with van der Waals surface area (Å²) in [5.74, 6) is -0.532. The van der Waals surface area contributed by atoms with Gasteiger partial charge in [0.15, 0.2) is 11.6 Å². The molecule has 1 atom stereocenters. The first-order valence-corrected chi connectivity index (χ1v) is 7.18. The number of hydrogen-bond donors (Lipinski definition) is 2. The van der Waals surface area contributed by atoms with E-state index in [0.717, 1.165) is 12.8 Å². The molecule has 0 aromatic heterocycles. The van der Waals surface area contributed by atoms with Crippen LogP contribution in [-0.2, 0) is 9.53 Å². The molecular weight excluding hydrogens is 275 g/mol. The molecule has 1 amide bonds. The molecule has 6 heteroatoms. The van der Waals surface area contributed by atoms with Crippen molar-refractivity contribution in [1.29, 1.82) is 0 Å². The maximum Gasteiger partial charge on any atom is 0.241 e. The van der Waals surface area contributed by atoms with Gasteiger partial charge < -0.3 is 20.5 Å². The highest BCUT2D eigenvalue weighted by Gasteiger charge is 2.26. The lowest BCUT2D eigenvalue weighted by atomic mass is 9.92. The summed E-state index contributed by atoms with van der Waals surface area (Å²) in [5, 5.41) is 2.65. The van der Waals surface area contributed by atoms with Gasteiger partial charge >= 0.3 is 0 Å². The Morgan fingerprint density at radius 1 is 1.52 bits per heavy atom. The smallest absolute Gasteiger partial charge is 0.241 e. The molecule has 1 saturated heterocycles. The normalized spacial score (nSPS) is 17.3. The average Bonchev–Trinajstić information content (AvgIpc) is 2.50. The van der Waals surface area contributed by atoms with Gasteiger partial charge in [-0.3, -0.25) is 4.79 Å². The van der Waals surface area contributed by atoms with Gasteiger partial charge in [-0.25, -0.2) is 4.39 Å². The van der Waals surface area contributed by atoms with E-state index in [-0.39, 0.29) is 17.6 Å². The maximum atomic E-state index is 13.7. The van der Waals surface area contributed by atoms with E-state index >= 15 is 0 Å². The van der Waals surface area contributed by atoms with Crippen LogP contribution in [0.3, 0.4) is 0 Å². The summed E-state index contributed by atoms with van der Waals surface area (Å²) < 4.78 is 24.1. The second-order valence-electron chi connectivity index (χ2n) is 5.04. The second-order valence-corrected chi connectivity index (χ2v) is 5.04. The zero-order valence-corrected chi connectivity index (χ0v) is 12.1. The van der Waals surface area contributed by atoms with Crippen molar-refractivity contribution in [3.63, 3.8) is 0 Å². The number of amides is 1. The van der Waals surface area contributed by atoms with E-state index in [4.69, 9.17) is 15.2 Å². The highest BCUT2D eigenvalue weighted by Crippen LogP contribution is 2.22. The topological polar surface area (TPSA) is 73.6 Å². The van der Waals surface area contributed by atoms with E-state index in [1.54, 1.807) is 13.0 Å². The number of rotatable bonds is 5. The lowest BCUT2D eigenvalue weighted by Gasteiger charge is -2.26. The predicted molar refractivity (Wildman–Crippen MR) is 77.7 cm³/mol. The largest absolute Gasteiger partial charge is 0.491 e. The van der Waals surface area contributed by atoms with Crippen LogP contribution in [0.25, 0.3) is 0 Å². The number of anilines is 1. The van der Waals surface area contributed by atoms with E-state index in [1.807, 2.05) is 0 Å². The molecule has 0 saturated carbocycles. The molecule has 0 radical (unpaired) electrons. The van der Waals surface area contributed by atoms with Gasteiger partial charge in [0.25, 0.3) is 0 Å². The number of nitrogens with one attached hydrogen (secondary N) is 1. The summed E-state index contributed by atoms with van der Waals surface area (Å²) in [6.45, 7) is 3.42. The van der Waals surface area contributed by atoms with Gasteiger partial charge in [-0.2, -0.15) is 0 Å². The SMILES string of the molecule is CCOc1ccc(NC(=O)C(N)C2CCOCC2)cc1F. The minimum atomic E-state index is -0.608. The Bertz CT molecular complexity index is 490. The molecule has 5 nitrogen and oxygen atoms in total. The van der Waals surface area contributed by atoms with Gasteiger partial charge in [-0.1, -0.05) is 0 Å². The molecule has 116 valence electrons. The van der Waals surface area contributed by atoms with E-state index < -0.39 is 11.9 Å². The van der Waals surface area contributed by atoms with Crippen molar-refractivity contribution < 1.29 is 18.7 Å². The predicted octanol–water partition coefficient (Wildman–Crippen LogP) is 1.92. The van der Waals surface area contributed by atoms with Crippen LogP contribution in [0.4, 0.5) is 10.1 Å². The molecule has 0 bridgehead atoms. The van der Waals surface area contributed by atoms with Crippen LogP contribution < -0.4 is 15.8 Å². The molecule has 1 aromatic carbocycles. The van der Waals surface area contributed by atoms with Crippen LogP contribution in [-0.4, -0.2) is 31.8 Å². The number of hydrogen-bond acceptors (Lipinski definition) is 4. The molecule has 0 aliphatic carbocycles. The lowest BCUT2D eigenvalue weighted by Crippen LogP contribution is -2.44. The quantitative estimate of drug-likeness (QED) is 0.870. The van der Waals surface area contributed by atoms with Crippen molar-refractivity contribution in [1.82, 2.24) is 0 Å². The molecule has 1 unspecified atom stereocenters. The number of ether oxygens (including phenoxy) is 2. The fraction of sp³-hybridized carbons (Fsp3) is 0.533. The molecule has 1 aliphatic heterocycles. The Balaban J connectivity index is 1.96. The highest BCUT2D eigenvalue weighted by molar-refractivity contribution is 5.94. The summed E-state index contributed by atoms with van der Waals surface area (Å²) in [6.07, 6.45) is 1.54. The zero-order chi connectivity index (χ0) is 15.2. The fourth-order valence-corrected chi connectivity index (χ4v) is 2.37. The zero-order valence-electron chi connectivity index (χ0n) is 12.1. The van der Waals surface area contributed by atoms with Crippen molar-refractivity contribution in [2.24, 2.45) is 11.7 Å². The number of benzene rings is 1. The molecule has 1 heterocycles. The molecule has 21 heavy (non-hydrogen) atoms. The van der Waals surface area contributed by atoms with Gasteiger partial charge in [-0.15, -0.1) is 0 Å². The summed E-state index contributed by atoms with van der Waals surface area (Å²) >= 11 is 0. The molecular formula is C15H21FN2O3. The Kier molecular flexibility index (Phi) is 5.52. The summed E-state index contributed by atoms with van der Waals surface area (Å²) in [4.78, 5) is 12.1. The van der Waals surface area contributed by atoms with Crippen molar-refractivity contribution >= 4 is 11.6 Å². The Labute approximate surface area is 123 Å². The van der Waals surface area contributed by atoms with Crippen LogP contribution in [0, 0.1) is 11.7 Å². The van der Waals surface area contributed by atoms with Crippen LogP contribution in [0.2, 0.25) is 0 Å². The second kappa shape index (κ2) is 7.38. The van der Waals surface area contributed by atoms with Gasteiger partial charge in [0, 0.05) is 25.0 Å². The standard InChI is InChI=1S/C15H21FN2O3/c1-2-21-13-4-3-11(9-12(13)16)18-15(19)14(17)10-5-7-20-8-6-10/h3-4,9-10,14H,2,5-8,17H2,1H3,(H,18,19). The van der Waals surface area contributed by atoms with Crippen LogP contribution >= 0.6 is 0 Å². The molecule has 1 aliphatic rings. The first-order valence-electron chi connectivity index (χ1n) is 7.18. The van der Waals surface area contributed by atoms with Crippen LogP contribution in [0.5, 0.6) is 5.75 Å². The van der Waals surface area contributed by atoms with Crippen molar-refractivity contribution in [2.45, 2.75) is 25.8 Å². The molecule has 2 rings (SSSR count). The number of halogens is 1. The molecule has 3 N–H and O–H groups in total. The van der Waals surface area contributed by atoms with Gasteiger partial charge in [0.05, 0.1) is 12.6 Å². The number of nitrogens with two attached hydrogens (primary N) is 1. The summed E-state index contributed by atoms with van der Waals surface area (Å²) in [7, 11) is 0. The van der Waals surface area contributed by atoms with Crippen molar-refractivity contribution in [3.05, 3.63) is 24.0 Å². The molecule has 1 fully saturated rings. The maximum absolute atomic E-state index is 13.7. The fourth-order valence-electron chi connectivity index (χ4n) is 2.37. The Morgan fingerprint density at radius 2 is 2.24 bits per heavy atom. The van der Waals surface area contributed by atoms with E-state index in [2.05, 4.69) is 5.32 Å². The minimum Gasteiger partial charge on any atom is -0.491 e. The first-order chi connectivity index (χ1) is 10.1. The summed E-state index contributed by atoms with van der Waals surface area (Å²) in [5.41, 5.74) is 6.35. The van der Waals surface area contributed by atoms with E-state index in [9.17, 15) is 9.18 Å². The van der Waals surface area contributed by atoms with Gasteiger partial charge in [-0.05, 0) is 37.8 Å². The summed E-state index contributed by atoms with van der Waals surface area (Å²) in [6, 6.07) is 3.72. The van der Waals surface area contributed by atoms with Crippen LogP contribution in [0.1, 0.15) is 19.8 Å². The highest BCUT2D eigenvalue weighted by atomic mass is 19.1. The molecule has 0 spiro atoms. The lowest BCUT2D eigenvalue weighted by molar-refractivity contribution is -0.119. The Morgan fingerprint density at radius 3 is 2.86 bits per heavy atom. The first kappa shape index (κ1) is 15.7. The molecule has 1 aromatic rings. The number of carbonyl (C=O) groups is 1. The third kappa shape index (κ3) is 4.15. The Hall–Kier alpha value is -1.66. The van der Waals surface area contributed by atoms with Gasteiger partial charge in [0.1, 0.15) is 0 Å². The van der Waals surface area contributed by atoms with E-state index in [1.165, 1.54) is 12.1 Å². The van der Waals surface area contributed by atoms with Crippen molar-refractivity contribution in [3.8, 4) is 5.75 Å². The minimum absolute atomic E-state index is 0.103. The monoisotopic (exact) mass is 296 g/mol. The van der Waals surface area contributed by atoms with Gasteiger partial charge in [0.2, 0.25) is 5.91 Å².